The molecule has 28 heavy (non-hydrogen) atoms. The zero-order valence-corrected chi connectivity index (χ0v) is 17.8. The third-order valence-electron chi connectivity index (χ3n) is 4.94. The molecule has 1 aliphatic heterocycles. The molecule has 0 saturated carbocycles. The molecule has 1 aliphatic carbocycles. The predicted octanol–water partition coefficient (Wildman–Crippen LogP) is 4.72. The van der Waals surface area contributed by atoms with Crippen LogP contribution in [0.2, 0.25) is 0 Å². The molecule has 1 atom stereocenters. The highest BCUT2D eigenvalue weighted by Crippen LogP contribution is 2.47. The summed E-state index contributed by atoms with van der Waals surface area (Å²) < 4.78 is 6.87. The summed E-state index contributed by atoms with van der Waals surface area (Å²) in [5.41, 5.74) is 2.79. The van der Waals surface area contributed by atoms with Gasteiger partial charge in [0, 0.05) is 23.4 Å². The molecule has 2 aliphatic rings. The average Bonchev–Trinajstić information content (AvgIpc) is 3.21. The lowest BCUT2D eigenvalue weighted by Crippen LogP contribution is -2.36. The molecule has 144 valence electrons. The van der Waals surface area contributed by atoms with Crippen LogP contribution in [-0.4, -0.2) is 16.0 Å². The van der Waals surface area contributed by atoms with Crippen LogP contribution in [0, 0.1) is 23.7 Å². The van der Waals surface area contributed by atoms with E-state index in [1.54, 1.807) is 0 Å². The van der Waals surface area contributed by atoms with E-state index in [-0.39, 0.29) is 11.2 Å². The summed E-state index contributed by atoms with van der Waals surface area (Å²) in [6, 6.07) is 6.00. The highest BCUT2D eigenvalue weighted by Gasteiger charge is 2.42. The Morgan fingerprint density at radius 2 is 2.11 bits per heavy atom. The van der Waals surface area contributed by atoms with E-state index in [1.165, 1.54) is 23.1 Å². The second kappa shape index (κ2) is 6.90. The van der Waals surface area contributed by atoms with Gasteiger partial charge in [0.15, 0.2) is 15.2 Å². The third-order valence-corrected chi connectivity index (χ3v) is 6.75. The number of hydrogen-bond acceptors (Lipinski definition) is 8. The van der Waals surface area contributed by atoms with Crippen molar-refractivity contribution in [3.8, 4) is 6.07 Å². The van der Waals surface area contributed by atoms with E-state index in [0.717, 1.165) is 27.2 Å². The van der Waals surface area contributed by atoms with Crippen molar-refractivity contribution in [1.82, 2.24) is 15.5 Å². The number of ketones is 1. The number of aryl methyl sites for hydroxylation is 1. The van der Waals surface area contributed by atoms with Gasteiger partial charge in [0.05, 0.1) is 17.6 Å². The first-order valence-electron chi connectivity index (χ1n) is 8.99. The van der Waals surface area contributed by atoms with E-state index >= 15 is 0 Å². The molecule has 0 radical (unpaired) electrons. The SMILES string of the molecule is CC1=C(C#N)[C@@H](c2ccc(Sc3nnc(C)s3)o2)C2=C(CC(C)(C)CC2=O)N1. The van der Waals surface area contributed by atoms with Crippen LogP contribution >= 0.6 is 23.1 Å². The van der Waals surface area contributed by atoms with Crippen molar-refractivity contribution in [2.45, 2.75) is 55.9 Å². The van der Waals surface area contributed by atoms with E-state index in [4.69, 9.17) is 4.42 Å². The summed E-state index contributed by atoms with van der Waals surface area (Å²) in [7, 11) is 0. The van der Waals surface area contributed by atoms with Gasteiger partial charge in [0.1, 0.15) is 10.8 Å². The number of furan rings is 1. The molecular weight excluding hydrogens is 392 g/mol. The van der Waals surface area contributed by atoms with Crippen molar-refractivity contribution in [3.63, 3.8) is 0 Å². The van der Waals surface area contributed by atoms with Crippen molar-refractivity contribution in [1.29, 1.82) is 5.26 Å². The topological polar surface area (TPSA) is 91.8 Å². The van der Waals surface area contributed by atoms with Crippen molar-refractivity contribution in [2.75, 3.05) is 0 Å². The molecular formula is C20H20N4O2S2. The number of nitrogens with zero attached hydrogens (tertiary/aromatic N) is 3. The molecule has 0 spiro atoms. The van der Waals surface area contributed by atoms with Gasteiger partial charge in [0.25, 0.3) is 0 Å². The number of carbonyl (C=O) groups is 1. The van der Waals surface area contributed by atoms with Crippen molar-refractivity contribution >= 4 is 28.9 Å². The van der Waals surface area contributed by atoms with E-state index in [9.17, 15) is 10.1 Å². The van der Waals surface area contributed by atoms with Gasteiger partial charge < -0.3 is 9.73 Å². The Hall–Kier alpha value is -2.37. The Balaban J connectivity index is 1.73. The monoisotopic (exact) mass is 412 g/mol. The number of nitrogens with one attached hydrogen (secondary N) is 1. The van der Waals surface area contributed by atoms with Crippen molar-refractivity contribution < 1.29 is 9.21 Å². The maximum atomic E-state index is 13.0. The highest BCUT2D eigenvalue weighted by molar-refractivity contribution is 8.00. The standard InChI is InChI=1S/C20H20N4O2S2/c1-10-12(9-21)17(18-13(22-10)7-20(3,4)8-14(18)25)15-5-6-16(26-15)28-19-24-23-11(2)27-19/h5-6,17,22H,7-8H2,1-4H3/t17-/m0/s1. The van der Waals surface area contributed by atoms with Crippen molar-refractivity contribution in [2.24, 2.45) is 5.41 Å². The number of carbonyl (C=O) groups excluding carboxylic acids is 1. The number of Topliss-reactive ketones (excluding diaryl/α,β-unsaturated/α-hetero) is 1. The van der Waals surface area contributed by atoms with Gasteiger partial charge in [-0.15, -0.1) is 10.2 Å². The minimum absolute atomic E-state index is 0.0781. The van der Waals surface area contributed by atoms with Crippen LogP contribution < -0.4 is 5.32 Å². The van der Waals surface area contributed by atoms with Crippen LogP contribution in [0.5, 0.6) is 0 Å². The summed E-state index contributed by atoms with van der Waals surface area (Å²) in [5, 5.41) is 22.8. The molecule has 2 aromatic rings. The normalized spacial score (nSPS) is 21.4. The maximum Gasteiger partial charge on any atom is 0.181 e. The fraction of sp³-hybridized carbons (Fsp3) is 0.400. The molecule has 1 N–H and O–H groups in total. The Morgan fingerprint density at radius 1 is 1.32 bits per heavy atom. The second-order valence-electron chi connectivity index (χ2n) is 7.89. The quantitative estimate of drug-likeness (QED) is 0.780. The first-order chi connectivity index (χ1) is 13.3. The minimum Gasteiger partial charge on any atom is -0.453 e. The van der Waals surface area contributed by atoms with E-state index in [0.29, 0.717) is 28.4 Å². The molecule has 8 heteroatoms. The van der Waals surface area contributed by atoms with Crippen LogP contribution in [0.1, 0.15) is 50.3 Å². The van der Waals surface area contributed by atoms with Crippen LogP contribution in [0.15, 0.2) is 48.5 Å². The zero-order valence-electron chi connectivity index (χ0n) is 16.1. The van der Waals surface area contributed by atoms with Crippen molar-refractivity contribution in [3.05, 3.63) is 45.4 Å². The lowest BCUT2D eigenvalue weighted by atomic mass is 9.70. The fourth-order valence-corrected chi connectivity index (χ4v) is 5.54. The first-order valence-corrected chi connectivity index (χ1v) is 10.6. The molecule has 0 saturated heterocycles. The molecule has 0 fully saturated rings. The molecule has 0 unspecified atom stereocenters. The van der Waals surface area contributed by atoms with Gasteiger partial charge in [-0.1, -0.05) is 25.2 Å². The minimum atomic E-state index is -0.463. The maximum absolute atomic E-state index is 13.0. The number of allylic oxidation sites excluding steroid dienone is 4. The molecule has 6 nitrogen and oxygen atoms in total. The average molecular weight is 413 g/mol. The van der Waals surface area contributed by atoms with E-state index < -0.39 is 5.92 Å². The smallest absolute Gasteiger partial charge is 0.181 e. The van der Waals surface area contributed by atoms with E-state index in [2.05, 4.69) is 35.4 Å². The summed E-state index contributed by atoms with van der Waals surface area (Å²) in [6.45, 7) is 7.97. The number of rotatable bonds is 3. The zero-order chi connectivity index (χ0) is 20.1. The lowest BCUT2D eigenvalue weighted by molar-refractivity contribution is -0.118. The number of dihydropyridines is 1. The Morgan fingerprint density at radius 3 is 2.79 bits per heavy atom. The van der Waals surface area contributed by atoms with Gasteiger partial charge in [-0.05, 0) is 49.6 Å². The molecule has 3 heterocycles. The summed E-state index contributed by atoms with van der Waals surface area (Å²) in [4.78, 5) is 13.0. The molecule has 2 aromatic heterocycles. The lowest BCUT2D eigenvalue weighted by Gasteiger charge is -2.38. The molecule has 0 amide bonds. The van der Waals surface area contributed by atoms with Gasteiger partial charge in [-0.25, -0.2) is 0 Å². The second-order valence-corrected chi connectivity index (χ2v) is 10.3. The van der Waals surface area contributed by atoms with Gasteiger partial charge in [0.2, 0.25) is 0 Å². The summed E-state index contributed by atoms with van der Waals surface area (Å²) >= 11 is 2.89. The molecule has 4 rings (SSSR count). The van der Waals surface area contributed by atoms with Gasteiger partial charge in [-0.3, -0.25) is 4.79 Å². The highest BCUT2D eigenvalue weighted by atomic mass is 32.2. The number of hydrogen-bond donors (Lipinski definition) is 1. The Kier molecular flexibility index (Phi) is 4.68. The summed E-state index contributed by atoms with van der Waals surface area (Å²) in [6.07, 6.45) is 1.24. The number of nitriles is 1. The molecule has 0 aromatic carbocycles. The largest absolute Gasteiger partial charge is 0.453 e. The van der Waals surface area contributed by atoms with Crippen LogP contribution in [0.3, 0.4) is 0 Å². The fourth-order valence-electron chi connectivity index (χ4n) is 3.82. The Labute approximate surface area is 171 Å². The van der Waals surface area contributed by atoms with E-state index in [1.807, 2.05) is 26.0 Å². The predicted molar refractivity (Wildman–Crippen MR) is 107 cm³/mol. The Bertz CT molecular complexity index is 1070. The van der Waals surface area contributed by atoms with Crippen LogP contribution in [0.4, 0.5) is 0 Å². The first kappa shape index (κ1) is 19.0. The third kappa shape index (κ3) is 3.40. The van der Waals surface area contributed by atoms with Crippen LogP contribution in [-0.2, 0) is 4.79 Å². The van der Waals surface area contributed by atoms with Crippen LogP contribution in [0.25, 0.3) is 0 Å². The molecule has 0 bridgehead atoms. The number of aromatic nitrogens is 2. The van der Waals surface area contributed by atoms with Gasteiger partial charge in [-0.2, -0.15) is 5.26 Å². The van der Waals surface area contributed by atoms with Gasteiger partial charge >= 0.3 is 0 Å². The summed E-state index contributed by atoms with van der Waals surface area (Å²) in [5.74, 6) is 0.228.